The summed E-state index contributed by atoms with van der Waals surface area (Å²) in [4.78, 5) is 14.8. The second-order valence-corrected chi connectivity index (χ2v) is 4.23. The quantitative estimate of drug-likeness (QED) is 0.840. The van der Waals surface area contributed by atoms with Gasteiger partial charge in [-0.1, -0.05) is 18.2 Å². The predicted molar refractivity (Wildman–Crippen MR) is 72.8 cm³/mol. The Morgan fingerprint density at radius 2 is 1.90 bits per heavy atom. The van der Waals surface area contributed by atoms with E-state index in [1.807, 2.05) is 24.3 Å². The van der Waals surface area contributed by atoms with Gasteiger partial charge in [-0.15, -0.1) is 0 Å². The van der Waals surface area contributed by atoms with Crippen molar-refractivity contribution in [2.24, 2.45) is 0 Å². The molecule has 0 spiro atoms. The molecule has 2 N–H and O–H groups in total. The number of aliphatic hydroxyl groups excluding tert-OH is 1. The molecular formula is C15H15NO4. The van der Waals surface area contributed by atoms with Gasteiger partial charge in [-0.3, -0.25) is 0 Å². The van der Waals surface area contributed by atoms with Crippen molar-refractivity contribution in [3.8, 4) is 5.75 Å². The number of benzene rings is 1. The first kappa shape index (κ1) is 14.0. The van der Waals surface area contributed by atoms with Gasteiger partial charge < -0.3 is 14.9 Å². The monoisotopic (exact) mass is 273 g/mol. The third-order valence-corrected chi connectivity index (χ3v) is 2.74. The fourth-order valence-electron chi connectivity index (χ4n) is 1.72. The molecular weight excluding hydrogens is 258 g/mol. The van der Waals surface area contributed by atoms with Crippen LogP contribution in [0.2, 0.25) is 0 Å². The Labute approximate surface area is 116 Å². The zero-order chi connectivity index (χ0) is 14.4. The fourth-order valence-corrected chi connectivity index (χ4v) is 1.72. The Hall–Kier alpha value is -2.40. The number of aromatic carboxylic acids is 1. The third-order valence-electron chi connectivity index (χ3n) is 2.74. The average molecular weight is 273 g/mol. The van der Waals surface area contributed by atoms with Crippen LogP contribution in [0.25, 0.3) is 0 Å². The summed E-state index contributed by atoms with van der Waals surface area (Å²) in [7, 11) is 0. The lowest BCUT2D eigenvalue weighted by molar-refractivity contribution is 0.0690. The van der Waals surface area contributed by atoms with E-state index in [0.717, 1.165) is 5.56 Å². The van der Waals surface area contributed by atoms with E-state index < -0.39 is 5.97 Å². The second-order valence-electron chi connectivity index (χ2n) is 4.23. The highest BCUT2D eigenvalue weighted by molar-refractivity contribution is 5.85. The molecule has 0 bridgehead atoms. The zero-order valence-corrected chi connectivity index (χ0v) is 10.8. The molecule has 0 saturated heterocycles. The normalized spacial score (nSPS) is 10.2. The van der Waals surface area contributed by atoms with Crippen LogP contribution in [0.4, 0.5) is 0 Å². The first-order valence-electron chi connectivity index (χ1n) is 6.21. The highest BCUT2D eigenvalue weighted by Crippen LogP contribution is 2.14. The Kier molecular flexibility index (Phi) is 4.68. The lowest BCUT2D eigenvalue weighted by Gasteiger charge is -2.07. The number of nitrogens with zero attached hydrogens (tertiary/aromatic N) is 1. The molecule has 5 heteroatoms. The molecule has 0 amide bonds. The van der Waals surface area contributed by atoms with Gasteiger partial charge in [0.25, 0.3) is 0 Å². The molecule has 0 atom stereocenters. The summed E-state index contributed by atoms with van der Waals surface area (Å²) in [6.45, 7) is 0.326. The minimum atomic E-state index is -1.06. The van der Waals surface area contributed by atoms with E-state index in [-0.39, 0.29) is 18.9 Å². The predicted octanol–water partition coefficient (Wildman–Crippen LogP) is 1.89. The lowest BCUT2D eigenvalue weighted by Crippen LogP contribution is -2.05. The summed E-state index contributed by atoms with van der Waals surface area (Å²) in [6, 6.07) is 12.2. The van der Waals surface area contributed by atoms with Gasteiger partial charge in [0.15, 0.2) is 0 Å². The summed E-state index contributed by atoms with van der Waals surface area (Å²) in [5, 5.41) is 17.7. The maximum Gasteiger partial charge on any atom is 0.354 e. The van der Waals surface area contributed by atoms with Crippen LogP contribution in [0.5, 0.6) is 5.75 Å². The number of rotatable bonds is 6. The van der Waals surface area contributed by atoms with Crippen LogP contribution in [-0.2, 0) is 13.0 Å². The zero-order valence-electron chi connectivity index (χ0n) is 10.8. The van der Waals surface area contributed by atoms with Crippen LogP contribution in [0.1, 0.15) is 21.7 Å². The SMILES string of the molecule is O=C(O)c1cccc(COc2ccc(CCO)cc2)n1. The van der Waals surface area contributed by atoms with Gasteiger partial charge in [-0.25, -0.2) is 9.78 Å². The van der Waals surface area contributed by atoms with Crippen LogP contribution in [0, 0.1) is 0 Å². The highest BCUT2D eigenvalue weighted by Gasteiger charge is 2.05. The van der Waals surface area contributed by atoms with Gasteiger partial charge >= 0.3 is 5.97 Å². The minimum absolute atomic E-state index is 0.00407. The number of carboxylic acids is 1. The molecule has 20 heavy (non-hydrogen) atoms. The number of carboxylic acid groups (broad SMARTS) is 1. The van der Waals surface area contributed by atoms with E-state index in [4.69, 9.17) is 14.9 Å². The number of aliphatic hydroxyl groups is 1. The summed E-state index contributed by atoms with van der Waals surface area (Å²) >= 11 is 0. The van der Waals surface area contributed by atoms with Crippen LogP contribution in [-0.4, -0.2) is 27.8 Å². The number of ether oxygens (including phenoxy) is 1. The Bertz CT molecular complexity index is 581. The number of carbonyl (C=O) groups is 1. The van der Waals surface area contributed by atoms with Gasteiger partial charge in [0.2, 0.25) is 0 Å². The Morgan fingerprint density at radius 1 is 1.15 bits per heavy atom. The second kappa shape index (κ2) is 6.68. The maximum atomic E-state index is 10.8. The molecule has 1 aromatic carbocycles. The van der Waals surface area contributed by atoms with Crippen molar-refractivity contribution in [1.82, 2.24) is 4.98 Å². The van der Waals surface area contributed by atoms with Gasteiger partial charge in [0.05, 0.1) is 5.69 Å². The van der Waals surface area contributed by atoms with Crippen molar-refractivity contribution < 1.29 is 19.7 Å². The number of pyridine rings is 1. The molecule has 2 aromatic rings. The molecule has 0 radical (unpaired) electrons. The van der Waals surface area contributed by atoms with E-state index in [2.05, 4.69) is 4.98 Å². The van der Waals surface area contributed by atoms with Gasteiger partial charge in [0.1, 0.15) is 18.1 Å². The summed E-state index contributed by atoms with van der Waals surface area (Å²) in [5.41, 5.74) is 1.60. The molecule has 104 valence electrons. The number of hydrogen-bond donors (Lipinski definition) is 2. The van der Waals surface area contributed by atoms with Crippen LogP contribution in [0.15, 0.2) is 42.5 Å². The Balaban J connectivity index is 1.97. The largest absolute Gasteiger partial charge is 0.487 e. The number of hydrogen-bond acceptors (Lipinski definition) is 4. The summed E-state index contributed by atoms with van der Waals surface area (Å²) in [5.74, 6) is -0.380. The average Bonchev–Trinajstić information content (AvgIpc) is 2.47. The smallest absolute Gasteiger partial charge is 0.354 e. The highest BCUT2D eigenvalue weighted by atomic mass is 16.5. The first-order chi connectivity index (χ1) is 9.69. The van der Waals surface area contributed by atoms with E-state index in [1.54, 1.807) is 12.1 Å². The summed E-state index contributed by atoms with van der Waals surface area (Å²) < 4.78 is 5.54. The van der Waals surface area contributed by atoms with Crippen molar-refractivity contribution in [1.29, 1.82) is 0 Å². The van der Waals surface area contributed by atoms with E-state index in [0.29, 0.717) is 17.9 Å². The molecule has 5 nitrogen and oxygen atoms in total. The molecule has 0 fully saturated rings. The van der Waals surface area contributed by atoms with Gasteiger partial charge in [-0.05, 0) is 36.2 Å². The standard InChI is InChI=1S/C15H15NO4/c17-9-8-11-4-6-13(7-5-11)20-10-12-2-1-3-14(16-12)15(18)19/h1-7,17H,8-10H2,(H,18,19). The van der Waals surface area contributed by atoms with Crippen LogP contribution in [0.3, 0.4) is 0 Å². The van der Waals surface area contributed by atoms with E-state index >= 15 is 0 Å². The maximum absolute atomic E-state index is 10.8. The first-order valence-corrected chi connectivity index (χ1v) is 6.21. The van der Waals surface area contributed by atoms with Crippen molar-refractivity contribution in [2.75, 3.05) is 6.61 Å². The van der Waals surface area contributed by atoms with Crippen molar-refractivity contribution in [2.45, 2.75) is 13.0 Å². The molecule has 0 aliphatic rings. The van der Waals surface area contributed by atoms with Crippen LogP contribution >= 0.6 is 0 Å². The molecule has 0 aliphatic heterocycles. The fraction of sp³-hybridized carbons (Fsp3) is 0.200. The topological polar surface area (TPSA) is 79.7 Å². The van der Waals surface area contributed by atoms with E-state index in [9.17, 15) is 4.79 Å². The Morgan fingerprint density at radius 3 is 2.55 bits per heavy atom. The van der Waals surface area contributed by atoms with Crippen LogP contribution < -0.4 is 4.74 Å². The van der Waals surface area contributed by atoms with Crippen molar-refractivity contribution in [3.63, 3.8) is 0 Å². The molecule has 2 rings (SSSR count). The van der Waals surface area contributed by atoms with Gasteiger partial charge in [-0.2, -0.15) is 0 Å². The van der Waals surface area contributed by atoms with E-state index in [1.165, 1.54) is 6.07 Å². The molecule has 0 aliphatic carbocycles. The lowest BCUT2D eigenvalue weighted by atomic mass is 10.1. The van der Waals surface area contributed by atoms with Crippen molar-refractivity contribution in [3.05, 3.63) is 59.4 Å². The third kappa shape index (κ3) is 3.80. The molecule has 0 unspecified atom stereocenters. The minimum Gasteiger partial charge on any atom is -0.487 e. The van der Waals surface area contributed by atoms with Crippen molar-refractivity contribution >= 4 is 5.97 Å². The van der Waals surface area contributed by atoms with Gasteiger partial charge in [0, 0.05) is 6.61 Å². The molecule has 0 saturated carbocycles. The molecule has 1 heterocycles. The number of aromatic nitrogens is 1. The summed E-state index contributed by atoms with van der Waals surface area (Å²) in [6.07, 6.45) is 0.614. The molecule has 1 aromatic heterocycles.